The average molecular weight is 194 g/mol. The topological polar surface area (TPSA) is 37.3 Å². The molecule has 0 amide bonds. The quantitative estimate of drug-likeness (QED) is 0.701. The summed E-state index contributed by atoms with van der Waals surface area (Å²) < 4.78 is 0. The second kappa shape index (κ2) is 6.85. The lowest BCUT2D eigenvalue weighted by Crippen LogP contribution is -2.10. The van der Waals surface area contributed by atoms with E-state index in [1.165, 1.54) is 0 Å². The molecule has 2 nitrogen and oxygen atoms in total. The van der Waals surface area contributed by atoms with Gasteiger partial charge in [0, 0.05) is 5.25 Å². The molecule has 0 saturated heterocycles. The van der Waals surface area contributed by atoms with Crippen LogP contribution in [0.15, 0.2) is 0 Å². The normalized spacial score (nSPS) is 12.9. The van der Waals surface area contributed by atoms with E-state index in [2.05, 4.69) is 0 Å². The average Bonchev–Trinajstić information content (AvgIpc) is 1.97. The van der Waals surface area contributed by atoms with Crippen molar-refractivity contribution >= 4 is 29.5 Å². The predicted octanol–water partition coefficient (Wildman–Crippen LogP) is 1.95. The van der Waals surface area contributed by atoms with Crippen LogP contribution in [0, 0.1) is 0 Å². The van der Waals surface area contributed by atoms with E-state index < -0.39 is 5.97 Å². The van der Waals surface area contributed by atoms with Gasteiger partial charge in [-0.05, 0) is 24.7 Å². The maximum atomic E-state index is 10.3. The van der Waals surface area contributed by atoms with Crippen molar-refractivity contribution in [2.75, 3.05) is 18.3 Å². The summed E-state index contributed by atoms with van der Waals surface area (Å²) in [6.07, 6.45) is 5.29. The molecule has 0 aliphatic carbocycles. The minimum atomic E-state index is -0.689. The number of thioether (sulfide) groups is 2. The van der Waals surface area contributed by atoms with Crippen LogP contribution < -0.4 is 0 Å². The summed E-state index contributed by atoms with van der Waals surface area (Å²) in [6, 6.07) is 0. The van der Waals surface area contributed by atoms with E-state index in [9.17, 15) is 4.79 Å². The highest BCUT2D eigenvalue weighted by Gasteiger charge is 2.10. The summed E-state index contributed by atoms with van der Waals surface area (Å²) in [5.41, 5.74) is 0. The number of hydrogen-bond acceptors (Lipinski definition) is 3. The van der Waals surface area contributed by atoms with Crippen LogP contribution >= 0.6 is 23.5 Å². The molecule has 0 aromatic carbocycles. The van der Waals surface area contributed by atoms with Crippen LogP contribution in [0.5, 0.6) is 0 Å². The van der Waals surface area contributed by atoms with E-state index in [0.29, 0.717) is 11.7 Å². The summed E-state index contributed by atoms with van der Waals surface area (Å²) in [4.78, 5) is 10.3. The van der Waals surface area contributed by atoms with Crippen molar-refractivity contribution < 1.29 is 9.90 Å². The first kappa shape index (κ1) is 11.2. The Balaban J connectivity index is 3.49. The molecule has 0 aliphatic heterocycles. The minimum Gasteiger partial charge on any atom is -0.481 e. The molecule has 0 heterocycles. The molecule has 11 heavy (non-hydrogen) atoms. The third-order valence-electron chi connectivity index (χ3n) is 1.38. The lowest BCUT2D eigenvalue weighted by Gasteiger charge is -2.09. The third kappa shape index (κ3) is 6.56. The Bertz CT molecular complexity index is 117. The van der Waals surface area contributed by atoms with Crippen LogP contribution in [0.4, 0.5) is 0 Å². The molecular weight excluding hydrogens is 180 g/mol. The van der Waals surface area contributed by atoms with Crippen LogP contribution in [-0.2, 0) is 4.79 Å². The van der Waals surface area contributed by atoms with Gasteiger partial charge in [0.25, 0.3) is 0 Å². The molecule has 0 aromatic heterocycles. The van der Waals surface area contributed by atoms with Crippen LogP contribution in [0.3, 0.4) is 0 Å². The van der Waals surface area contributed by atoms with Crippen molar-refractivity contribution in [3.63, 3.8) is 0 Å². The maximum absolute atomic E-state index is 10.3. The molecule has 0 aromatic rings. The largest absolute Gasteiger partial charge is 0.481 e. The van der Waals surface area contributed by atoms with Crippen molar-refractivity contribution in [2.45, 2.75) is 18.1 Å². The van der Waals surface area contributed by atoms with Gasteiger partial charge in [-0.2, -0.15) is 23.5 Å². The zero-order valence-corrected chi connectivity index (χ0v) is 8.50. The second-order valence-corrected chi connectivity index (χ2v) is 4.36. The van der Waals surface area contributed by atoms with Gasteiger partial charge in [-0.15, -0.1) is 0 Å². The van der Waals surface area contributed by atoms with Gasteiger partial charge in [0.15, 0.2) is 0 Å². The van der Waals surface area contributed by atoms with E-state index in [1.807, 2.05) is 12.5 Å². The number of hydrogen-bond donors (Lipinski definition) is 1. The monoisotopic (exact) mass is 194 g/mol. The molecule has 0 bridgehead atoms. The number of carboxylic acids is 1. The Morgan fingerprint density at radius 2 is 2.18 bits per heavy atom. The van der Waals surface area contributed by atoms with Crippen molar-refractivity contribution in [1.29, 1.82) is 0 Å². The first-order valence-corrected chi connectivity index (χ1v) is 6.12. The molecule has 0 rings (SSSR count). The van der Waals surface area contributed by atoms with E-state index in [4.69, 9.17) is 5.11 Å². The summed E-state index contributed by atoms with van der Waals surface area (Å²) >= 11 is 3.41. The van der Waals surface area contributed by atoms with Crippen LogP contribution in [0.1, 0.15) is 12.8 Å². The van der Waals surface area contributed by atoms with E-state index in [0.717, 1.165) is 12.2 Å². The van der Waals surface area contributed by atoms with E-state index in [1.54, 1.807) is 23.5 Å². The predicted molar refractivity (Wildman–Crippen MR) is 52.6 cm³/mol. The Kier molecular flexibility index (Phi) is 6.96. The zero-order valence-electron chi connectivity index (χ0n) is 6.87. The van der Waals surface area contributed by atoms with Crippen molar-refractivity contribution in [2.24, 2.45) is 0 Å². The van der Waals surface area contributed by atoms with Gasteiger partial charge in [-0.3, -0.25) is 4.79 Å². The fourth-order valence-corrected chi connectivity index (χ4v) is 2.08. The van der Waals surface area contributed by atoms with E-state index in [-0.39, 0.29) is 0 Å². The first-order valence-electron chi connectivity index (χ1n) is 3.44. The van der Waals surface area contributed by atoms with Gasteiger partial charge < -0.3 is 5.11 Å². The maximum Gasteiger partial charge on any atom is 0.304 e. The molecule has 4 heteroatoms. The third-order valence-corrected chi connectivity index (χ3v) is 3.09. The Hall–Kier alpha value is 0.170. The number of carbonyl (C=O) groups is 1. The molecule has 0 saturated carbocycles. The van der Waals surface area contributed by atoms with Gasteiger partial charge >= 0.3 is 5.97 Å². The highest BCUT2D eigenvalue weighted by molar-refractivity contribution is 7.99. The van der Waals surface area contributed by atoms with Crippen molar-refractivity contribution in [3.05, 3.63) is 0 Å². The van der Waals surface area contributed by atoms with Gasteiger partial charge in [0.2, 0.25) is 0 Å². The lowest BCUT2D eigenvalue weighted by molar-refractivity contribution is -0.136. The standard InChI is InChI=1S/C7H14O2S2/c1-10-4-3-6(11-2)5-7(8)9/h6H,3-5H2,1-2H3,(H,8,9). The van der Waals surface area contributed by atoms with Crippen LogP contribution in [0.2, 0.25) is 0 Å². The molecule has 0 aliphatic rings. The molecule has 1 N–H and O–H groups in total. The molecular formula is C7H14O2S2. The Morgan fingerprint density at radius 3 is 2.55 bits per heavy atom. The van der Waals surface area contributed by atoms with Gasteiger partial charge in [0.05, 0.1) is 6.42 Å². The first-order chi connectivity index (χ1) is 5.20. The van der Waals surface area contributed by atoms with Crippen molar-refractivity contribution in [3.8, 4) is 0 Å². The SMILES string of the molecule is CSCCC(CC(=O)O)SC. The fourth-order valence-electron chi connectivity index (χ4n) is 0.747. The van der Waals surface area contributed by atoms with Gasteiger partial charge in [0.1, 0.15) is 0 Å². The second-order valence-electron chi connectivity index (χ2n) is 2.24. The highest BCUT2D eigenvalue weighted by atomic mass is 32.2. The Labute approximate surface area is 76.1 Å². The molecule has 0 fully saturated rings. The van der Waals surface area contributed by atoms with Crippen LogP contribution in [0.25, 0.3) is 0 Å². The number of aliphatic carboxylic acids is 1. The van der Waals surface area contributed by atoms with E-state index >= 15 is 0 Å². The molecule has 0 spiro atoms. The zero-order chi connectivity index (χ0) is 8.69. The number of carboxylic acid groups (broad SMARTS) is 1. The van der Waals surface area contributed by atoms with Gasteiger partial charge in [-0.25, -0.2) is 0 Å². The molecule has 0 radical (unpaired) electrons. The number of rotatable bonds is 6. The fraction of sp³-hybridized carbons (Fsp3) is 0.857. The molecule has 66 valence electrons. The summed E-state index contributed by atoms with van der Waals surface area (Å²) in [5.74, 6) is 0.365. The summed E-state index contributed by atoms with van der Waals surface area (Å²) in [5, 5.41) is 8.79. The smallest absolute Gasteiger partial charge is 0.304 e. The lowest BCUT2D eigenvalue weighted by atomic mass is 10.2. The van der Waals surface area contributed by atoms with Crippen LogP contribution in [-0.4, -0.2) is 34.6 Å². The molecule has 1 atom stereocenters. The molecule has 1 unspecified atom stereocenters. The van der Waals surface area contributed by atoms with Crippen molar-refractivity contribution in [1.82, 2.24) is 0 Å². The summed E-state index contributed by atoms with van der Waals surface area (Å²) in [7, 11) is 0. The minimum absolute atomic E-state index is 0.292. The summed E-state index contributed by atoms with van der Waals surface area (Å²) in [6.45, 7) is 0. The Morgan fingerprint density at radius 1 is 1.55 bits per heavy atom. The highest BCUT2D eigenvalue weighted by Crippen LogP contribution is 2.16. The van der Waals surface area contributed by atoms with Gasteiger partial charge in [-0.1, -0.05) is 0 Å².